The molecule has 2 aliphatic heterocycles. The lowest BCUT2D eigenvalue weighted by Crippen LogP contribution is -2.53. The van der Waals surface area contributed by atoms with Crippen molar-refractivity contribution in [1.82, 2.24) is 15.1 Å². The molecule has 0 radical (unpaired) electrons. The summed E-state index contributed by atoms with van der Waals surface area (Å²) in [4.78, 5) is 16.8. The lowest BCUT2D eigenvalue weighted by Gasteiger charge is -2.38. The zero-order valence-corrected chi connectivity index (χ0v) is 14.8. The molecule has 132 valence electrons. The van der Waals surface area contributed by atoms with E-state index in [-0.39, 0.29) is 18.2 Å². The summed E-state index contributed by atoms with van der Waals surface area (Å²) >= 11 is 0. The summed E-state index contributed by atoms with van der Waals surface area (Å²) in [5, 5.41) is 3.24. The van der Waals surface area contributed by atoms with Gasteiger partial charge in [-0.25, -0.2) is 4.79 Å². The lowest BCUT2D eigenvalue weighted by molar-refractivity contribution is 0.00112. The molecule has 1 aromatic rings. The van der Waals surface area contributed by atoms with Gasteiger partial charge in [0.2, 0.25) is 0 Å². The van der Waals surface area contributed by atoms with E-state index in [1.165, 1.54) is 12.0 Å². The average molecular weight is 331 g/mol. The van der Waals surface area contributed by atoms with Gasteiger partial charge in [-0.15, -0.1) is 0 Å². The van der Waals surface area contributed by atoms with Gasteiger partial charge in [-0.2, -0.15) is 0 Å². The fraction of sp³-hybridized carbons (Fsp3) is 0.632. The number of nitrogens with one attached hydrogen (secondary N) is 1. The average Bonchev–Trinajstić information content (AvgIpc) is 2.63. The van der Waals surface area contributed by atoms with Crippen molar-refractivity contribution in [2.24, 2.45) is 0 Å². The first-order valence-electron chi connectivity index (χ1n) is 9.02. The number of likely N-dealkylation sites (tertiary alicyclic amines) is 1. The highest BCUT2D eigenvalue weighted by Gasteiger charge is 2.29. The van der Waals surface area contributed by atoms with Crippen molar-refractivity contribution in [2.75, 3.05) is 33.8 Å². The minimum Gasteiger partial charge on any atom is -0.373 e. The number of hydrogen-bond acceptors (Lipinski definition) is 3. The van der Waals surface area contributed by atoms with Gasteiger partial charge in [-0.05, 0) is 45.3 Å². The van der Waals surface area contributed by atoms with E-state index < -0.39 is 0 Å². The van der Waals surface area contributed by atoms with E-state index in [1.807, 2.05) is 23.1 Å². The highest BCUT2D eigenvalue weighted by atomic mass is 16.5. The van der Waals surface area contributed by atoms with Crippen LogP contribution in [0.3, 0.4) is 0 Å². The number of amides is 2. The van der Waals surface area contributed by atoms with Crippen LogP contribution in [0.25, 0.3) is 0 Å². The number of carbonyl (C=O) groups is 1. The van der Waals surface area contributed by atoms with Crippen molar-refractivity contribution in [3.63, 3.8) is 0 Å². The number of ether oxygens (including phenoxy) is 1. The highest BCUT2D eigenvalue weighted by molar-refractivity contribution is 5.74. The molecule has 2 heterocycles. The zero-order valence-electron chi connectivity index (χ0n) is 14.8. The minimum absolute atomic E-state index is 0.0836. The second-order valence-electron chi connectivity index (χ2n) is 7.15. The molecule has 2 saturated heterocycles. The normalized spacial score (nSPS) is 28.0. The third-order valence-corrected chi connectivity index (χ3v) is 5.20. The minimum atomic E-state index is 0.0836. The smallest absolute Gasteiger partial charge is 0.317 e. The quantitative estimate of drug-likeness (QED) is 0.926. The highest BCUT2D eigenvalue weighted by Crippen LogP contribution is 2.28. The Morgan fingerprint density at radius 1 is 1.25 bits per heavy atom. The Hall–Kier alpha value is -1.59. The molecule has 0 aliphatic carbocycles. The first-order chi connectivity index (χ1) is 11.6. The van der Waals surface area contributed by atoms with Crippen LogP contribution in [0.4, 0.5) is 4.79 Å². The van der Waals surface area contributed by atoms with Gasteiger partial charge in [0.05, 0.1) is 6.10 Å². The van der Waals surface area contributed by atoms with Gasteiger partial charge in [-0.3, -0.25) is 0 Å². The fourth-order valence-electron chi connectivity index (χ4n) is 3.65. The number of piperidine rings is 1. The summed E-state index contributed by atoms with van der Waals surface area (Å²) in [6.45, 7) is 2.39. The van der Waals surface area contributed by atoms with E-state index >= 15 is 0 Å². The van der Waals surface area contributed by atoms with Crippen LogP contribution in [0.2, 0.25) is 0 Å². The van der Waals surface area contributed by atoms with Crippen LogP contribution >= 0.6 is 0 Å². The number of rotatable bonds is 3. The van der Waals surface area contributed by atoms with Crippen molar-refractivity contribution in [3.8, 4) is 0 Å². The molecule has 3 atom stereocenters. The summed E-state index contributed by atoms with van der Waals surface area (Å²) in [7, 11) is 4.18. The first kappa shape index (κ1) is 17.2. The maximum atomic E-state index is 12.6. The molecule has 0 aromatic heterocycles. The molecule has 24 heavy (non-hydrogen) atoms. The maximum absolute atomic E-state index is 12.6. The largest absolute Gasteiger partial charge is 0.373 e. The molecule has 0 spiro atoms. The van der Waals surface area contributed by atoms with Crippen molar-refractivity contribution in [1.29, 1.82) is 0 Å². The number of carbonyl (C=O) groups excluding carboxylic acids is 1. The van der Waals surface area contributed by atoms with Crippen LogP contribution in [0, 0.1) is 0 Å². The maximum Gasteiger partial charge on any atom is 0.317 e. The molecule has 2 fully saturated rings. The van der Waals surface area contributed by atoms with Gasteiger partial charge in [-0.1, -0.05) is 30.3 Å². The number of hydrogen-bond donors (Lipinski definition) is 1. The molecule has 2 amide bonds. The Morgan fingerprint density at radius 2 is 2.04 bits per heavy atom. The van der Waals surface area contributed by atoms with Crippen LogP contribution in [-0.2, 0) is 4.74 Å². The third-order valence-electron chi connectivity index (χ3n) is 5.20. The van der Waals surface area contributed by atoms with Gasteiger partial charge < -0.3 is 19.9 Å². The van der Waals surface area contributed by atoms with E-state index in [9.17, 15) is 4.79 Å². The number of benzene rings is 1. The van der Waals surface area contributed by atoms with E-state index in [2.05, 4.69) is 36.4 Å². The molecular weight excluding hydrogens is 302 g/mol. The first-order valence-corrected chi connectivity index (χ1v) is 9.02. The van der Waals surface area contributed by atoms with Crippen molar-refractivity contribution < 1.29 is 9.53 Å². The number of urea groups is 1. The summed E-state index contributed by atoms with van der Waals surface area (Å²) < 4.78 is 5.90. The Kier molecular flexibility index (Phi) is 5.74. The van der Waals surface area contributed by atoms with Crippen LogP contribution < -0.4 is 5.32 Å². The number of likely N-dealkylation sites (N-methyl/N-ethyl adjacent to an activating group) is 1. The van der Waals surface area contributed by atoms with E-state index in [0.717, 1.165) is 32.4 Å². The van der Waals surface area contributed by atoms with Crippen LogP contribution in [-0.4, -0.2) is 61.7 Å². The van der Waals surface area contributed by atoms with Crippen LogP contribution in [0.15, 0.2) is 30.3 Å². The van der Waals surface area contributed by atoms with Gasteiger partial charge in [0, 0.05) is 31.8 Å². The van der Waals surface area contributed by atoms with Crippen molar-refractivity contribution >= 4 is 6.03 Å². The van der Waals surface area contributed by atoms with Gasteiger partial charge in [0.25, 0.3) is 0 Å². The molecule has 1 N–H and O–H groups in total. The molecule has 1 aromatic carbocycles. The predicted molar refractivity (Wildman–Crippen MR) is 95.0 cm³/mol. The predicted octanol–water partition coefficient (Wildman–Crippen LogP) is 2.64. The van der Waals surface area contributed by atoms with Gasteiger partial charge in [0.1, 0.15) is 0 Å². The third kappa shape index (κ3) is 4.28. The van der Waals surface area contributed by atoms with Crippen molar-refractivity contribution in [2.45, 2.75) is 43.9 Å². The molecule has 3 rings (SSSR count). The fourth-order valence-corrected chi connectivity index (χ4v) is 3.65. The molecule has 3 unspecified atom stereocenters. The zero-order chi connectivity index (χ0) is 16.9. The van der Waals surface area contributed by atoms with Gasteiger partial charge >= 0.3 is 6.03 Å². The van der Waals surface area contributed by atoms with E-state index in [1.54, 1.807) is 0 Å². The second-order valence-corrected chi connectivity index (χ2v) is 7.15. The molecule has 5 nitrogen and oxygen atoms in total. The van der Waals surface area contributed by atoms with Crippen LogP contribution in [0.1, 0.15) is 37.4 Å². The van der Waals surface area contributed by atoms with E-state index in [4.69, 9.17) is 4.74 Å². The Balaban J connectivity index is 1.54. The number of nitrogens with zero attached hydrogens (tertiary/aromatic N) is 2. The summed E-state index contributed by atoms with van der Waals surface area (Å²) in [5.41, 5.74) is 1.20. The van der Waals surface area contributed by atoms with Crippen LogP contribution in [0.5, 0.6) is 0 Å². The standard InChI is InChI=1S/C19H29N3O2/c1-21(2)17-9-6-11-22(14-17)19(23)20-16-10-12-24-18(13-16)15-7-4-3-5-8-15/h3-5,7-8,16-18H,6,9-14H2,1-2H3,(H,20,23). The SMILES string of the molecule is CN(C)C1CCCN(C(=O)NC2CCOC(c3ccccc3)C2)C1. The second kappa shape index (κ2) is 7.99. The Bertz CT molecular complexity index is 535. The monoisotopic (exact) mass is 331 g/mol. The molecule has 5 heteroatoms. The molecule has 0 saturated carbocycles. The topological polar surface area (TPSA) is 44.8 Å². The summed E-state index contributed by atoms with van der Waals surface area (Å²) in [6.07, 6.45) is 4.07. The molecule has 2 aliphatic rings. The lowest BCUT2D eigenvalue weighted by atomic mass is 9.97. The van der Waals surface area contributed by atoms with Gasteiger partial charge in [0.15, 0.2) is 0 Å². The molecular formula is C19H29N3O2. The summed E-state index contributed by atoms with van der Waals surface area (Å²) in [5.74, 6) is 0. The van der Waals surface area contributed by atoms with Crippen molar-refractivity contribution in [3.05, 3.63) is 35.9 Å². The Labute approximate surface area is 145 Å². The van der Waals surface area contributed by atoms with E-state index in [0.29, 0.717) is 12.6 Å². The summed E-state index contributed by atoms with van der Waals surface area (Å²) in [6, 6.07) is 11.0. The molecule has 0 bridgehead atoms. The Morgan fingerprint density at radius 3 is 2.79 bits per heavy atom.